The highest BCUT2D eigenvalue weighted by Crippen LogP contribution is 2.33. The first-order valence-electron chi connectivity index (χ1n) is 5.90. The van der Waals surface area contributed by atoms with Crippen LogP contribution in [0.3, 0.4) is 0 Å². The maximum Gasteiger partial charge on any atom is 0.286 e. The van der Waals surface area contributed by atoms with Gasteiger partial charge >= 0.3 is 0 Å². The van der Waals surface area contributed by atoms with Crippen LogP contribution in [0.4, 0.5) is 0 Å². The van der Waals surface area contributed by atoms with Crippen molar-refractivity contribution in [2.24, 2.45) is 0 Å². The average Bonchev–Trinajstić information content (AvgIpc) is 2.47. The van der Waals surface area contributed by atoms with E-state index >= 15 is 0 Å². The van der Waals surface area contributed by atoms with Gasteiger partial charge in [0.25, 0.3) is 18.8 Å². The molecule has 0 radical (unpaired) electrons. The Morgan fingerprint density at radius 2 is 1.10 bits per heavy atom. The monoisotopic (exact) mass is 349 g/mol. The normalized spacial score (nSPS) is 9.14. The van der Waals surface area contributed by atoms with Gasteiger partial charge < -0.3 is 14.2 Å². The molecule has 0 saturated heterocycles. The number of nitrogens with zero attached hydrogens (tertiary/aromatic N) is 3. The second-order valence-corrected chi connectivity index (χ2v) is 4.93. The summed E-state index contributed by atoms with van der Waals surface area (Å²) >= 11 is 3.46. The van der Waals surface area contributed by atoms with Gasteiger partial charge in [-0.25, -0.2) is 0 Å². The van der Waals surface area contributed by atoms with Gasteiger partial charge in [-0.05, 0) is 46.5 Å². The molecule has 7 heteroatoms. The molecule has 0 amide bonds. The molecule has 0 heterocycles. The summed E-state index contributed by atoms with van der Waals surface area (Å²) in [7, 11) is 0. The summed E-state index contributed by atoms with van der Waals surface area (Å²) < 4.78 is 15.2. The molecule has 0 atom stereocenters. The summed E-state index contributed by atoms with van der Waals surface area (Å²) in [5.74, 6) is 0. The zero-order valence-electron chi connectivity index (χ0n) is 11.6. The van der Waals surface area contributed by atoms with Gasteiger partial charge in [0.1, 0.15) is 19.8 Å². The van der Waals surface area contributed by atoms with Gasteiger partial charge in [-0.2, -0.15) is 15.8 Å². The quantitative estimate of drug-likeness (QED) is 0.731. The van der Waals surface area contributed by atoms with Gasteiger partial charge in [-0.15, -0.1) is 0 Å². The van der Waals surface area contributed by atoms with Crippen LogP contribution in [-0.2, 0) is 34.0 Å². The lowest BCUT2D eigenvalue weighted by Gasteiger charge is -2.19. The van der Waals surface area contributed by atoms with Crippen LogP contribution in [0.2, 0.25) is 0 Å². The average molecular weight is 350 g/mol. The van der Waals surface area contributed by atoms with Crippen LogP contribution in [0, 0.1) is 48.4 Å². The van der Waals surface area contributed by atoms with Gasteiger partial charge in [0, 0.05) is 15.6 Å². The summed E-state index contributed by atoms with van der Waals surface area (Å²) in [6.45, 7) is 4.00. The number of benzene rings is 1. The molecule has 0 aliphatic carbocycles. The highest BCUT2D eigenvalue weighted by atomic mass is 79.9. The van der Waals surface area contributed by atoms with Crippen LogP contribution in [-0.4, -0.2) is 0 Å². The van der Waals surface area contributed by atoms with Crippen molar-refractivity contribution in [2.75, 3.05) is 0 Å². The molecule has 0 aromatic heterocycles. The number of hydrogen-bond donors (Lipinski definition) is 0. The van der Waals surface area contributed by atoms with E-state index in [1.54, 1.807) is 18.8 Å². The van der Waals surface area contributed by atoms with E-state index < -0.39 is 0 Å². The van der Waals surface area contributed by atoms with Crippen LogP contribution in [0.1, 0.15) is 27.8 Å². The van der Waals surface area contributed by atoms with E-state index in [-0.39, 0.29) is 19.8 Å². The Bertz CT molecular complexity index is 542. The van der Waals surface area contributed by atoms with Crippen LogP contribution in [0.25, 0.3) is 0 Å². The fourth-order valence-corrected chi connectivity index (χ4v) is 2.85. The minimum absolute atomic E-state index is 0.0856. The maximum absolute atomic E-state index is 8.57. The highest BCUT2D eigenvalue weighted by molar-refractivity contribution is 9.10. The van der Waals surface area contributed by atoms with Crippen LogP contribution in [0.5, 0.6) is 0 Å². The Morgan fingerprint density at radius 3 is 1.43 bits per heavy atom. The second-order valence-electron chi connectivity index (χ2n) is 4.14. The number of hydrogen-bond acceptors (Lipinski definition) is 6. The van der Waals surface area contributed by atoms with Gasteiger partial charge in [0.05, 0.1) is 0 Å². The Morgan fingerprint density at radius 1 is 0.762 bits per heavy atom. The second kappa shape index (κ2) is 7.99. The first-order valence-corrected chi connectivity index (χ1v) is 6.69. The zero-order valence-corrected chi connectivity index (χ0v) is 13.2. The zero-order chi connectivity index (χ0) is 15.8. The van der Waals surface area contributed by atoms with E-state index in [0.717, 1.165) is 32.3 Å². The molecule has 0 aliphatic rings. The van der Waals surface area contributed by atoms with E-state index in [1.165, 1.54) is 0 Å². The molecule has 1 aromatic rings. The summed E-state index contributed by atoms with van der Waals surface area (Å²) in [6.07, 6.45) is 4.88. The smallest absolute Gasteiger partial charge is 0.286 e. The van der Waals surface area contributed by atoms with Crippen molar-refractivity contribution in [1.82, 2.24) is 0 Å². The first kappa shape index (κ1) is 16.6. The van der Waals surface area contributed by atoms with Crippen LogP contribution >= 0.6 is 15.9 Å². The van der Waals surface area contributed by atoms with Crippen LogP contribution < -0.4 is 0 Å². The van der Waals surface area contributed by atoms with Crippen molar-refractivity contribution in [3.05, 3.63) is 32.3 Å². The van der Waals surface area contributed by atoms with E-state index in [1.807, 2.05) is 13.8 Å². The fraction of sp³-hybridized carbons (Fsp3) is 0.357. The molecule has 0 fully saturated rings. The number of rotatable bonds is 6. The summed E-state index contributed by atoms with van der Waals surface area (Å²) in [6, 6.07) is 0. The predicted molar refractivity (Wildman–Crippen MR) is 74.8 cm³/mol. The molecule has 1 rings (SSSR count). The number of halogens is 1. The van der Waals surface area contributed by atoms with E-state index in [0.29, 0.717) is 0 Å². The molecule has 0 spiro atoms. The molecule has 21 heavy (non-hydrogen) atoms. The number of nitriles is 3. The van der Waals surface area contributed by atoms with Crippen LogP contribution in [0.15, 0.2) is 4.47 Å². The lowest BCUT2D eigenvalue weighted by atomic mass is 9.93. The Labute approximate surface area is 131 Å². The lowest BCUT2D eigenvalue weighted by Crippen LogP contribution is -2.08. The summed E-state index contributed by atoms with van der Waals surface area (Å²) in [5.41, 5.74) is 4.06. The Balaban J connectivity index is 3.40. The molecule has 108 valence electrons. The largest absolute Gasteiger partial charge is 0.423 e. The van der Waals surface area contributed by atoms with E-state index in [4.69, 9.17) is 30.0 Å². The molecular formula is C14H12BrN3O3. The third-order valence-corrected chi connectivity index (χ3v) is 4.14. The summed E-state index contributed by atoms with van der Waals surface area (Å²) in [5, 5.41) is 25.7. The molecule has 6 nitrogen and oxygen atoms in total. The topological polar surface area (TPSA) is 99.1 Å². The predicted octanol–water partition coefficient (Wildman–Crippen LogP) is 3.06. The van der Waals surface area contributed by atoms with Crippen molar-refractivity contribution in [2.45, 2.75) is 33.7 Å². The number of ether oxygens (including phenoxy) is 3. The maximum atomic E-state index is 8.57. The third-order valence-electron chi connectivity index (χ3n) is 3.18. The minimum Gasteiger partial charge on any atom is -0.423 e. The van der Waals surface area contributed by atoms with Crippen molar-refractivity contribution in [1.29, 1.82) is 15.8 Å². The SMILES string of the molecule is Cc1c(COC#N)c(C)c(COC#N)c(Br)c1COC#N. The standard InChI is InChI=1S/C14H12BrN3O3/c1-9-11(3-19-6-16)10(2)13(5-21-8-18)14(15)12(9)4-20-7-17/h3-5H2,1-2H3. The molecule has 0 unspecified atom stereocenters. The molecule has 0 aliphatic heterocycles. The molecular weight excluding hydrogens is 338 g/mol. The van der Waals surface area contributed by atoms with Crippen molar-refractivity contribution in [3.63, 3.8) is 0 Å². The highest BCUT2D eigenvalue weighted by Gasteiger charge is 2.19. The van der Waals surface area contributed by atoms with Gasteiger partial charge in [-0.3, -0.25) is 0 Å². The van der Waals surface area contributed by atoms with Gasteiger partial charge in [-0.1, -0.05) is 0 Å². The molecule has 0 N–H and O–H groups in total. The van der Waals surface area contributed by atoms with Gasteiger partial charge in [0.2, 0.25) is 0 Å². The Kier molecular flexibility index (Phi) is 6.33. The lowest BCUT2D eigenvalue weighted by molar-refractivity contribution is 0.243. The Hall–Kier alpha value is -2.43. The van der Waals surface area contributed by atoms with Gasteiger partial charge in [0.15, 0.2) is 0 Å². The van der Waals surface area contributed by atoms with Crippen molar-refractivity contribution < 1.29 is 14.2 Å². The molecule has 1 aromatic carbocycles. The minimum atomic E-state index is 0.0856. The van der Waals surface area contributed by atoms with Crippen molar-refractivity contribution >= 4 is 15.9 Å². The summed E-state index contributed by atoms with van der Waals surface area (Å²) in [4.78, 5) is 0. The van der Waals surface area contributed by atoms with Crippen molar-refractivity contribution in [3.8, 4) is 18.8 Å². The van der Waals surface area contributed by atoms with E-state index in [9.17, 15) is 0 Å². The fourth-order valence-electron chi connectivity index (χ4n) is 2.03. The third kappa shape index (κ3) is 3.78. The van der Waals surface area contributed by atoms with E-state index in [2.05, 4.69) is 15.9 Å². The molecule has 0 saturated carbocycles. The molecule has 0 bridgehead atoms. The first-order chi connectivity index (χ1) is 10.1.